The van der Waals surface area contributed by atoms with Crippen molar-refractivity contribution in [1.82, 2.24) is 14.5 Å². The molecule has 0 unspecified atom stereocenters. The van der Waals surface area contributed by atoms with Crippen LogP contribution < -0.4 is 5.32 Å². The maximum absolute atomic E-state index is 12.6. The predicted molar refractivity (Wildman–Crippen MR) is 90.3 cm³/mol. The van der Waals surface area contributed by atoms with Crippen LogP contribution in [0.2, 0.25) is 0 Å². The molecule has 2 aromatic carbocycles. The van der Waals surface area contributed by atoms with Crippen LogP contribution in [-0.2, 0) is 0 Å². The number of anilines is 1. The number of imidazole rings is 1. The lowest BCUT2D eigenvalue weighted by molar-refractivity contribution is 0.102. The molecule has 6 heteroatoms. The number of carbonyl (C=O) groups excluding carboxylic acids is 1. The van der Waals surface area contributed by atoms with Crippen LogP contribution in [0.3, 0.4) is 0 Å². The summed E-state index contributed by atoms with van der Waals surface area (Å²) in [5.41, 5.74) is 3.39. The predicted octanol–water partition coefficient (Wildman–Crippen LogP) is 3.57. The van der Waals surface area contributed by atoms with Crippen molar-refractivity contribution in [2.45, 2.75) is 6.92 Å². The molecule has 0 aliphatic rings. The molecule has 0 radical (unpaired) electrons. The SMILES string of the molecule is Cc1nc2cc(NC(=O)c3cncn3-c3ccccc3)ccc2o1. The number of para-hydroxylation sites is 1. The third-order valence-corrected chi connectivity index (χ3v) is 3.66. The minimum atomic E-state index is -0.240. The van der Waals surface area contributed by atoms with Crippen LogP contribution in [0.1, 0.15) is 16.4 Å². The molecule has 24 heavy (non-hydrogen) atoms. The van der Waals surface area contributed by atoms with E-state index in [2.05, 4.69) is 15.3 Å². The lowest BCUT2D eigenvalue weighted by Gasteiger charge is -2.08. The van der Waals surface area contributed by atoms with Gasteiger partial charge >= 0.3 is 0 Å². The molecule has 1 amide bonds. The zero-order chi connectivity index (χ0) is 16.5. The molecular weight excluding hydrogens is 304 g/mol. The van der Waals surface area contributed by atoms with E-state index in [1.807, 2.05) is 30.3 Å². The van der Waals surface area contributed by atoms with Crippen LogP contribution in [0, 0.1) is 6.92 Å². The van der Waals surface area contributed by atoms with Crippen molar-refractivity contribution < 1.29 is 9.21 Å². The van der Waals surface area contributed by atoms with E-state index >= 15 is 0 Å². The van der Waals surface area contributed by atoms with Gasteiger partial charge in [-0.3, -0.25) is 9.36 Å². The van der Waals surface area contributed by atoms with Crippen LogP contribution in [-0.4, -0.2) is 20.4 Å². The van der Waals surface area contributed by atoms with Gasteiger partial charge in [0.1, 0.15) is 11.2 Å². The van der Waals surface area contributed by atoms with Crippen LogP contribution in [0.25, 0.3) is 16.8 Å². The van der Waals surface area contributed by atoms with E-state index in [0.717, 1.165) is 5.69 Å². The topological polar surface area (TPSA) is 73.0 Å². The molecule has 0 fully saturated rings. The summed E-state index contributed by atoms with van der Waals surface area (Å²) in [5.74, 6) is 0.353. The first kappa shape index (κ1) is 14.2. The van der Waals surface area contributed by atoms with Crippen molar-refractivity contribution in [1.29, 1.82) is 0 Å². The summed E-state index contributed by atoms with van der Waals surface area (Å²) in [6.45, 7) is 1.79. The van der Waals surface area contributed by atoms with Crippen molar-refractivity contribution in [3.8, 4) is 5.69 Å². The van der Waals surface area contributed by atoms with Crippen molar-refractivity contribution in [2.75, 3.05) is 5.32 Å². The van der Waals surface area contributed by atoms with E-state index in [1.165, 1.54) is 0 Å². The Morgan fingerprint density at radius 2 is 2.00 bits per heavy atom. The Morgan fingerprint density at radius 3 is 2.83 bits per heavy atom. The number of hydrogen-bond acceptors (Lipinski definition) is 4. The van der Waals surface area contributed by atoms with E-state index < -0.39 is 0 Å². The Kier molecular flexibility index (Phi) is 3.35. The lowest BCUT2D eigenvalue weighted by Crippen LogP contribution is -2.16. The van der Waals surface area contributed by atoms with E-state index in [-0.39, 0.29) is 5.91 Å². The molecule has 0 atom stereocenters. The number of nitrogens with zero attached hydrogens (tertiary/aromatic N) is 3. The average molecular weight is 318 g/mol. The number of nitrogens with one attached hydrogen (secondary N) is 1. The highest BCUT2D eigenvalue weighted by atomic mass is 16.3. The van der Waals surface area contributed by atoms with Crippen molar-refractivity contribution in [3.63, 3.8) is 0 Å². The highest BCUT2D eigenvalue weighted by molar-refractivity contribution is 6.04. The fourth-order valence-corrected chi connectivity index (χ4v) is 2.57. The Hall–Kier alpha value is -3.41. The van der Waals surface area contributed by atoms with Crippen molar-refractivity contribution in [3.05, 3.63) is 72.6 Å². The fourth-order valence-electron chi connectivity index (χ4n) is 2.57. The maximum atomic E-state index is 12.6. The summed E-state index contributed by atoms with van der Waals surface area (Å²) in [7, 11) is 0. The number of carbonyl (C=O) groups is 1. The summed E-state index contributed by atoms with van der Waals surface area (Å²) >= 11 is 0. The molecular formula is C18H14N4O2. The van der Waals surface area contributed by atoms with Crippen LogP contribution >= 0.6 is 0 Å². The second-order valence-corrected chi connectivity index (χ2v) is 5.35. The second-order valence-electron chi connectivity index (χ2n) is 5.35. The van der Waals surface area contributed by atoms with Gasteiger partial charge in [-0.2, -0.15) is 0 Å². The van der Waals surface area contributed by atoms with E-state index in [1.54, 1.807) is 42.2 Å². The summed E-state index contributed by atoms with van der Waals surface area (Å²) in [4.78, 5) is 21.0. The minimum absolute atomic E-state index is 0.240. The minimum Gasteiger partial charge on any atom is -0.441 e. The summed E-state index contributed by atoms with van der Waals surface area (Å²) < 4.78 is 7.18. The van der Waals surface area contributed by atoms with Gasteiger partial charge in [-0.15, -0.1) is 0 Å². The summed E-state index contributed by atoms with van der Waals surface area (Å²) in [5, 5.41) is 2.87. The molecule has 2 heterocycles. The van der Waals surface area contributed by atoms with E-state index in [0.29, 0.717) is 28.4 Å². The quantitative estimate of drug-likeness (QED) is 0.626. The lowest BCUT2D eigenvalue weighted by atomic mass is 10.2. The second kappa shape index (κ2) is 5.66. The van der Waals surface area contributed by atoms with Crippen LogP contribution in [0.5, 0.6) is 0 Å². The van der Waals surface area contributed by atoms with E-state index in [4.69, 9.17) is 4.42 Å². The molecule has 0 aliphatic carbocycles. The monoisotopic (exact) mass is 318 g/mol. The third kappa shape index (κ3) is 2.54. The standard InChI is InChI=1S/C18H14N4O2/c1-12-20-15-9-13(7-8-17(15)24-12)21-18(23)16-10-19-11-22(16)14-5-3-2-4-6-14/h2-11H,1H3,(H,21,23). The number of benzene rings is 2. The normalized spacial score (nSPS) is 10.9. The first-order valence-electron chi connectivity index (χ1n) is 7.47. The number of rotatable bonds is 3. The van der Waals surface area contributed by atoms with Crippen LogP contribution in [0.15, 0.2) is 65.5 Å². The van der Waals surface area contributed by atoms with Gasteiger partial charge in [-0.05, 0) is 30.3 Å². The van der Waals surface area contributed by atoms with Crippen molar-refractivity contribution in [2.24, 2.45) is 0 Å². The zero-order valence-electron chi connectivity index (χ0n) is 12.9. The summed E-state index contributed by atoms with van der Waals surface area (Å²) in [6, 6.07) is 15.0. The molecule has 0 aliphatic heterocycles. The van der Waals surface area contributed by atoms with Gasteiger partial charge < -0.3 is 9.73 Å². The first-order chi connectivity index (χ1) is 11.7. The summed E-state index contributed by atoms with van der Waals surface area (Å²) in [6.07, 6.45) is 3.16. The molecule has 1 N–H and O–H groups in total. The molecule has 0 bridgehead atoms. The highest BCUT2D eigenvalue weighted by Gasteiger charge is 2.14. The maximum Gasteiger partial charge on any atom is 0.274 e. The Labute approximate surface area is 137 Å². The Balaban J connectivity index is 1.63. The molecule has 2 aromatic heterocycles. The van der Waals surface area contributed by atoms with Gasteiger partial charge in [0.2, 0.25) is 0 Å². The number of amides is 1. The molecule has 0 saturated heterocycles. The van der Waals surface area contributed by atoms with E-state index in [9.17, 15) is 4.79 Å². The third-order valence-electron chi connectivity index (χ3n) is 3.66. The molecule has 118 valence electrons. The Bertz CT molecular complexity index is 1020. The molecule has 6 nitrogen and oxygen atoms in total. The van der Waals surface area contributed by atoms with Gasteiger partial charge in [-0.1, -0.05) is 18.2 Å². The Morgan fingerprint density at radius 1 is 1.17 bits per heavy atom. The number of aryl methyl sites for hydroxylation is 1. The zero-order valence-corrected chi connectivity index (χ0v) is 12.9. The van der Waals surface area contributed by atoms with Crippen LogP contribution in [0.4, 0.5) is 5.69 Å². The van der Waals surface area contributed by atoms with Gasteiger partial charge in [-0.25, -0.2) is 9.97 Å². The van der Waals surface area contributed by atoms with Crippen molar-refractivity contribution >= 4 is 22.7 Å². The highest BCUT2D eigenvalue weighted by Crippen LogP contribution is 2.20. The molecule has 4 rings (SSSR count). The number of fused-ring (bicyclic) bond motifs is 1. The van der Waals surface area contributed by atoms with Gasteiger partial charge in [0, 0.05) is 18.3 Å². The fraction of sp³-hybridized carbons (Fsp3) is 0.0556. The largest absolute Gasteiger partial charge is 0.441 e. The molecule has 4 aromatic rings. The average Bonchev–Trinajstić information content (AvgIpc) is 3.21. The number of aromatic nitrogens is 3. The van der Waals surface area contributed by atoms with Gasteiger partial charge in [0.05, 0.1) is 12.5 Å². The van der Waals surface area contributed by atoms with Gasteiger partial charge in [0.25, 0.3) is 5.91 Å². The molecule has 0 saturated carbocycles. The number of oxazole rings is 1. The smallest absolute Gasteiger partial charge is 0.274 e. The number of hydrogen-bond donors (Lipinski definition) is 1. The first-order valence-corrected chi connectivity index (χ1v) is 7.47. The molecule has 0 spiro atoms. The van der Waals surface area contributed by atoms with Gasteiger partial charge in [0.15, 0.2) is 11.5 Å².